The maximum atomic E-state index is 4.31. The van der Waals surface area contributed by atoms with Gasteiger partial charge in [0.25, 0.3) is 0 Å². The van der Waals surface area contributed by atoms with Crippen LogP contribution in [0.3, 0.4) is 0 Å². The van der Waals surface area contributed by atoms with E-state index in [4.69, 9.17) is 0 Å². The molecule has 1 heterocycles. The highest BCUT2D eigenvalue weighted by atomic mass is 15.0. The van der Waals surface area contributed by atoms with Crippen LogP contribution in [0.5, 0.6) is 0 Å². The summed E-state index contributed by atoms with van der Waals surface area (Å²) in [5.74, 6) is 0.900. The van der Waals surface area contributed by atoms with Gasteiger partial charge in [-0.2, -0.15) is 0 Å². The van der Waals surface area contributed by atoms with Gasteiger partial charge in [0.2, 0.25) is 0 Å². The Morgan fingerprint density at radius 3 is 2.31 bits per heavy atom. The van der Waals surface area contributed by atoms with Gasteiger partial charge >= 0.3 is 0 Å². The average molecular weight is 212 g/mol. The second-order valence-corrected chi connectivity index (χ2v) is 4.11. The first kappa shape index (κ1) is 10.7. The van der Waals surface area contributed by atoms with E-state index >= 15 is 0 Å². The predicted molar refractivity (Wildman–Crippen MR) is 68.2 cm³/mol. The molecule has 1 aromatic carbocycles. The molecule has 0 spiro atoms. The van der Waals surface area contributed by atoms with E-state index in [0.29, 0.717) is 0 Å². The third-order valence-corrected chi connectivity index (χ3v) is 2.65. The van der Waals surface area contributed by atoms with Crippen molar-refractivity contribution in [3.63, 3.8) is 0 Å². The lowest BCUT2D eigenvalue weighted by Crippen LogP contribution is -1.98. The minimum atomic E-state index is 0.900. The van der Waals surface area contributed by atoms with Crippen LogP contribution in [0.15, 0.2) is 36.5 Å². The first-order valence-electron chi connectivity index (χ1n) is 5.43. The molecule has 0 aliphatic heterocycles. The zero-order valence-electron chi connectivity index (χ0n) is 9.91. The van der Waals surface area contributed by atoms with Crippen molar-refractivity contribution in [2.75, 3.05) is 5.32 Å². The van der Waals surface area contributed by atoms with Gasteiger partial charge < -0.3 is 5.32 Å². The number of nitrogens with one attached hydrogen (secondary N) is 1. The van der Waals surface area contributed by atoms with Gasteiger partial charge in [0.05, 0.1) is 0 Å². The summed E-state index contributed by atoms with van der Waals surface area (Å²) < 4.78 is 0. The fourth-order valence-electron chi connectivity index (χ4n) is 1.74. The highest BCUT2D eigenvalue weighted by Crippen LogP contribution is 2.23. The SMILES string of the molecule is Cc1ccnc(Nc2c(C)cccc2C)c1. The van der Waals surface area contributed by atoms with Gasteiger partial charge in [-0.15, -0.1) is 0 Å². The first-order chi connectivity index (χ1) is 7.66. The Kier molecular flexibility index (Phi) is 2.91. The van der Waals surface area contributed by atoms with E-state index in [1.54, 1.807) is 0 Å². The van der Waals surface area contributed by atoms with Gasteiger partial charge in [-0.1, -0.05) is 18.2 Å². The summed E-state index contributed by atoms with van der Waals surface area (Å²) in [7, 11) is 0. The molecular weight excluding hydrogens is 196 g/mol. The smallest absolute Gasteiger partial charge is 0.130 e. The average Bonchev–Trinajstić information content (AvgIpc) is 2.24. The molecule has 0 bridgehead atoms. The summed E-state index contributed by atoms with van der Waals surface area (Å²) >= 11 is 0. The summed E-state index contributed by atoms with van der Waals surface area (Å²) in [6, 6.07) is 10.3. The van der Waals surface area contributed by atoms with E-state index in [-0.39, 0.29) is 0 Å². The molecule has 0 radical (unpaired) electrons. The van der Waals surface area contributed by atoms with Gasteiger partial charge in [0, 0.05) is 11.9 Å². The normalized spacial score (nSPS) is 10.2. The molecule has 1 aromatic heterocycles. The fraction of sp³-hybridized carbons (Fsp3) is 0.214. The van der Waals surface area contributed by atoms with Crippen LogP contribution in [-0.2, 0) is 0 Å². The van der Waals surface area contributed by atoms with Crippen molar-refractivity contribution in [3.05, 3.63) is 53.2 Å². The van der Waals surface area contributed by atoms with Crippen molar-refractivity contribution in [1.29, 1.82) is 0 Å². The molecule has 2 heteroatoms. The molecule has 0 saturated carbocycles. The number of aryl methyl sites for hydroxylation is 3. The summed E-state index contributed by atoms with van der Waals surface area (Å²) in [5, 5.41) is 3.37. The maximum Gasteiger partial charge on any atom is 0.130 e. The van der Waals surface area contributed by atoms with Gasteiger partial charge in [0.15, 0.2) is 0 Å². The second-order valence-electron chi connectivity index (χ2n) is 4.11. The lowest BCUT2D eigenvalue weighted by molar-refractivity contribution is 1.25. The van der Waals surface area contributed by atoms with E-state index in [1.165, 1.54) is 16.7 Å². The van der Waals surface area contributed by atoms with Gasteiger partial charge in [-0.05, 0) is 49.6 Å². The predicted octanol–water partition coefficient (Wildman–Crippen LogP) is 3.75. The van der Waals surface area contributed by atoms with Crippen LogP contribution in [-0.4, -0.2) is 4.98 Å². The van der Waals surface area contributed by atoms with E-state index in [0.717, 1.165) is 11.5 Å². The lowest BCUT2D eigenvalue weighted by Gasteiger charge is -2.11. The molecule has 0 fully saturated rings. The highest BCUT2D eigenvalue weighted by Gasteiger charge is 2.02. The molecule has 0 aliphatic rings. The Balaban J connectivity index is 2.34. The zero-order chi connectivity index (χ0) is 11.5. The van der Waals surface area contributed by atoms with Crippen LogP contribution in [0.1, 0.15) is 16.7 Å². The summed E-state index contributed by atoms with van der Waals surface area (Å²) in [5.41, 5.74) is 4.84. The molecule has 2 aromatic rings. The Bertz CT molecular complexity index is 484. The lowest BCUT2D eigenvalue weighted by atomic mass is 10.1. The molecule has 16 heavy (non-hydrogen) atoms. The molecule has 1 N–H and O–H groups in total. The minimum Gasteiger partial charge on any atom is -0.340 e. The Morgan fingerprint density at radius 2 is 1.69 bits per heavy atom. The number of nitrogens with zero attached hydrogens (tertiary/aromatic N) is 1. The van der Waals surface area contributed by atoms with Crippen molar-refractivity contribution in [2.45, 2.75) is 20.8 Å². The number of rotatable bonds is 2. The standard InChI is InChI=1S/C14H16N2/c1-10-7-8-15-13(9-10)16-14-11(2)5-4-6-12(14)3/h4-9H,1-3H3,(H,15,16). The van der Waals surface area contributed by atoms with Crippen molar-refractivity contribution in [2.24, 2.45) is 0 Å². The van der Waals surface area contributed by atoms with Crippen molar-refractivity contribution in [3.8, 4) is 0 Å². The second kappa shape index (κ2) is 4.35. The van der Waals surface area contributed by atoms with Crippen LogP contribution in [0.25, 0.3) is 0 Å². The van der Waals surface area contributed by atoms with Crippen LogP contribution in [0.4, 0.5) is 11.5 Å². The molecule has 0 amide bonds. The molecule has 2 rings (SSSR count). The van der Waals surface area contributed by atoms with Gasteiger partial charge in [-0.25, -0.2) is 4.98 Å². The quantitative estimate of drug-likeness (QED) is 0.820. The zero-order valence-corrected chi connectivity index (χ0v) is 9.91. The Hall–Kier alpha value is -1.83. The molecule has 0 saturated heterocycles. The van der Waals surface area contributed by atoms with Crippen molar-refractivity contribution in [1.82, 2.24) is 4.98 Å². The topological polar surface area (TPSA) is 24.9 Å². The van der Waals surface area contributed by atoms with E-state index in [1.807, 2.05) is 18.3 Å². The van der Waals surface area contributed by atoms with Gasteiger partial charge in [0.1, 0.15) is 5.82 Å². The monoisotopic (exact) mass is 212 g/mol. The number of pyridine rings is 1. The van der Waals surface area contributed by atoms with E-state index < -0.39 is 0 Å². The maximum absolute atomic E-state index is 4.31. The highest BCUT2D eigenvalue weighted by molar-refractivity contribution is 5.64. The summed E-state index contributed by atoms with van der Waals surface area (Å²) in [4.78, 5) is 4.31. The minimum absolute atomic E-state index is 0.900. The van der Waals surface area contributed by atoms with Crippen molar-refractivity contribution >= 4 is 11.5 Å². The Morgan fingerprint density at radius 1 is 1.00 bits per heavy atom. The summed E-state index contributed by atoms with van der Waals surface area (Å²) in [6.07, 6.45) is 1.82. The fourth-order valence-corrected chi connectivity index (χ4v) is 1.74. The largest absolute Gasteiger partial charge is 0.340 e. The van der Waals surface area contributed by atoms with Crippen molar-refractivity contribution < 1.29 is 0 Å². The number of para-hydroxylation sites is 1. The molecular formula is C14H16N2. The number of aromatic nitrogens is 1. The molecule has 82 valence electrons. The van der Waals surface area contributed by atoms with Crippen LogP contribution >= 0.6 is 0 Å². The Labute approximate surface area is 96.4 Å². The first-order valence-corrected chi connectivity index (χ1v) is 5.43. The number of hydrogen-bond donors (Lipinski definition) is 1. The van der Waals surface area contributed by atoms with Gasteiger partial charge in [-0.3, -0.25) is 0 Å². The molecule has 0 aliphatic carbocycles. The van der Waals surface area contributed by atoms with Crippen LogP contribution in [0, 0.1) is 20.8 Å². The molecule has 0 unspecified atom stereocenters. The van der Waals surface area contributed by atoms with E-state index in [2.05, 4.69) is 49.3 Å². The number of benzene rings is 1. The third kappa shape index (κ3) is 2.22. The third-order valence-electron chi connectivity index (χ3n) is 2.65. The molecule has 0 atom stereocenters. The van der Waals surface area contributed by atoms with Crippen LogP contribution in [0.2, 0.25) is 0 Å². The number of hydrogen-bond acceptors (Lipinski definition) is 2. The summed E-state index contributed by atoms with van der Waals surface area (Å²) in [6.45, 7) is 6.27. The molecule has 2 nitrogen and oxygen atoms in total. The number of anilines is 2. The van der Waals surface area contributed by atoms with Crippen LogP contribution < -0.4 is 5.32 Å². The van der Waals surface area contributed by atoms with E-state index in [9.17, 15) is 0 Å².